The highest BCUT2D eigenvalue weighted by Crippen LogP contribution is 2.17. The maximum Gasteiger partial charge on any atom is 0.137 e. The maximum atomic E-state index is 13.2. The van der Waals surface area contributed by atoms with Crippen molar-refractivity contribution in [3.8, 4) is 0 Å². The summed E-state index contributed by atoms with van der Waals surface area (Å²) < 4.78 is 13.7. The van der Waals surface area contributed by atoms with E-state index in [4.69, 9.17) is 5.11 Å². The van der Waals surface area contributed by atoms with Gasteiger partial charge in [0.1, 0.15) is 5.82 Å². The summed E-state index contributed by atoms with van der Waals surface area (Å²) >= 11 is 3.11. The quantitative estimate of drug-likeness (QED) is 0.892. The summed E-state index contributed by atoms with van der Waals surface area (Å²) in [5.74, 6) is -0.243. The number of rotatable bonds is 5. The van der Waals surface area contributed by atoms with Crippen LogP contribution in [-0.4, -0.2) is 29.7 Å². The number of hydrogen-bond donors (Lipinski definition) is 1. The first-order valence-corrected chi connectivity index (χ1v) is 5.73. The summed E-state index contributed by atoms with van der Waals surface area (Å²) in [6.07, 6.45) is 0. The lowest BCUT2D eigenvalue weighted by atomic mass is 10.2. The van der Waals surface area contributed by atoms with Crippen LogP contribution in [0.3, 0.4) is 0 Å². The Kier molecular flexibility index (Phi) is 5.22. The molecule has 0 fully saturated rings. The first-order valence-electron chi connectivity index (χ1n) is 4.94. The van der Waals surface area contributed by atoms with Gasteiger partial charge in [-0.15, -0.1) is 0 Å². The monoisotopic (exact) mass is 275 g/mol. The summed E-state index contributed by atoms with van der Waals surface area (Å²) in [5.41, 5.74) is 0.922. The van der Waals surface area contributed by atoms with Crippen molar-refractivity contribution in [2.75, 3.05) is 19.7 Å². The maximum absolute atomic E-state index is 13.2. The predicted molar refractivity (Wildman–Crippen MR) is 62.1 cm³/mol. The Morgan fingerprint density at radius 3 is 2.73 bits per heavy atom. The highest BCUT2D eigenvalue weighted by atomic mass is 79.9. The van der Waals surface area contributed by atoms with Crippen molar-refractivity contribution in [1.82, 2.24) is 4.90 Å². The highest BCUT2D eigenvalue weighted by molar-refractivity contribution is 9.10. The Balaban J connectivity index is 2.66. The van der Waals surface area contributed by atoms with Crippen LogP contribution in [0.15, 0.2) is 22.7 Å². The molecule has 0 saturated carbocycles. The summed E-state index contributed by atoms with van der Waals surface area (Å²) in [6.45, 7) is 4.28. The van der Waals surface area contributed by atoms with Crippen molar-refractivity contribution >= 4 is 15.9 Å². The van der Waals surface area contributed by atoms with Crippen LogP contribution < -0.4 is 0 Å². The third kappa shape index (κ3) is 3.89. The first-order chi connectivity index (χ1) is 7.17. The van der Waals surface area contributed by atoms with E-state index in [9.17, 15) is 4.39 Å². The Morgan fingerprint density at radius 2 is 2.20 bits per heavy atom. The SMILES string of the molecule is CCN(CCO)Cc1ccc(Br)c(F)c1. The molecule has 0 atom stereocenters. The van der Waals surface area contributed by atoms with E-state index < -0.39 is 0 Å². The molecule has 0 aliphatic rings. The molecular formula is C11H15BrFNO. The number of hydrogen-bond acceptors (Lipinski definition) is 2. The lowest BCUT2D eigenvalue weighted by Crippen LogP contribution is -2.26. The van der Waals surface area contributed by atoms with Crippen LogP contribution in [-0.2, 0) is 6.54 Å². The smallest absolute Gasteiger partial charge is 0.137 e. The van der Waals surface area contributed by atoms with Gasteiger partial charge in [0.2, 0.25) is 0 Å². The van der Waals surface area contributed by atoms with Crippen LogP contribution in [0.2, 0.25) is 0 Å². The fraction of sp³-hybridized carbons (Fsp3) is 0.455. The normalized spacial score (nSPS) is 11.0. The molecule has 0 unspecified atom stereocenters. The van der Waals surface area contributed by atoms with Gasteiger partial charge in [-0.25, -0.2) is 4.39 Å². The minimum Gasteiger partial charge on any atom is -0.395 e. The average Bonchev–Trinajstić information content (AvgIpc) is 2.23. The van der Waals surface area contributed by atoms with Crippen molar-refractivity contribution in [2.45, 2.75) is 13.5 Å². The van der Waals surface area contributed by atoms with Crippen molar-refractivity contribution in [2.24, 2.45) is 0 Å². The summed E-state index contributed by atoms with van der Waals surface area (Å²) in [4.78, 5) is 2.06. The Bertz CT molecular complexity index is 319. The van der Waals surface area contributed by atoms with Gasteiger partial charge in [0, 0.05) is 13.1 Å². The molecule has 0 aromatic heterocycles. The summed E-state index contributed by atoms with van der Waals surface area (Å²) in [7, 11) is 0. The van der Waals surface area contributed by atoms with Gasteiger partial charge in [0.05, 0.1) is 11.1 Å². The minimum atomic E-state index is -0.243. The van der Waals surface area contributed by atoms with E-state index in [1.54, 1.807) is 6.07 Å². The van der Waals surface area contributed by atoms with Gasteiger partial charge >= 0.3 is 0 Å². The zero-order valence-electron chi connectivity index (χ0n) is 8.71. The third-order valence-electron chi connectivity index (χ3n) is 2.25. The Labute approximate surface area is 97.8 Å². The molecule has 0 radical (unpaired) electrons. The van der Waals surface area contributed by atoms with Crippen molar-refractivity contribution in [1.29, 1.82) is 0 Å². The van der Waals surface area contributed by atoms with Crippen molar-refractivity contribution in [3.63, 3.8) is 0 Å². The van der Waals surface area contributed by atoms with E-state index >= 15 is 0 Å². The largest absolute Gasteiger partial charge is 0.395 e. The van der Waals surface area contributed by atoms with Crippen LogP contribution in [0.25, 0.3) is 0 Å². The van der Waals surface area contributed by atoms with Gasteiger partial charge in [-0.1, -0.05) is 13.0 Å². The molecule has 1 rings (SSSR count). The Hall–Kier alpha value is -0.450. The predicted octanol–water partition coefficient (Wildman–Crippen LogP) is 2.40. The molecule has 84 valence electrons. The molecule has 0 saturated heterocycles. The number of benzene rings is 1. The fourth-order valence-corrected chi connectivity index (χ4v) is 1.63. The Morgan fingerprint density at radius 1 is 1.47 bits per heavy atom. The van der Waals surface area contributed by atoms with Gasteiger partial charge in [-0.2, -0.15) is 0 Å². The van der Waals surface area contributed by atoms with E-state index in [2.05, 4.69) is 20.8 Å². The second-order valence-electron chi connectivity index (χ2n) is 3.34. The first kappa shape index (κ1) is 12.6. The molecule has 2 nitrogen and oxygen atoms in total. The second-order valence-corrected chi connectivity index (χ2v) is 4.20. The van der Waals surface area contributed by atoms with Gasteiger partial charge in [-0.3, -0.25) is 4.90 Å². The molecule has 0 spiro atoms. The lowest BCUT2D eigenvalue weighted by Gasteiger charge is -2.19. The van der Waals surface area contributed by atoms with Gasteiger partial charge < -0.3 is 5.11 Å². The number of nitrogens with zero attached hydrogens (tertiary/aromatic N) is 1. The average molecular weight is 276 g/mol. The van der Waals surface area contributed by atoms with E-state index in [1.165, 1.54) is 6.07 Å². The number of aliphatic hydroxyl groups is 1. The minimum absolute atomic E-state index is 0.132. The van der Waals surface area contributed by atoms with Crippen LogP contribution in [0.4, 0.5) is 4.39 Å². The summed E-state index contributed by atoms with van der Waals surface area (Å²) in [6, 6.07) is 5.11. The third-order valence-corrected chi connectivity index (χ3v) is 2.90. The van der Waals surface area contributed by atoms with Crippen LogP contribution in [0, 0.1) is 5.82 Å². The molecular weight excluding hydrogens is 261 g/mol. The van der Waals surface area contributed by atoms with E-state index in [1.807, 2.05) is 13.0 Å². The molecule has 15 heavy (non-hydrogen) atoms. The molecule has 4 heteroatoms. The molecule has 0 bridgehead atoms. The van der Waals surface area contributed by atoms with Crippen LogP contribution in [0.1, 0.15) is 12.5 Å². The molecule has 0 heterocycles. The zero-order chi connectivity index (χ0) is 11.3. The van der Waals surface area contributed by atoms with Crippen LogP contribution in [0.5, 0.6) is 0 Å². The molecule has 1 N–H and O–H groups in total. The number of likely N-dealkylation sites (N-methyl/N-ethyl adjacent to an activating group) is 1. The van der Waals surface area contributed by atoms with Gasteiger partial charge in [-0.05, 0) is 40.2 Å². The number of aliphatic hydroxyl groups excluding tert-OH is 1. The molecule has 1 aromatic carbocycles. The van der Waals surface area contributed by atoms with E-state index in [0.29, 0.717) is 17.6 Å². The zero-order valence-corrected chi connectivity index (χ0v) is 10.3. The molecule has 1 aromatic rings. The van der Waals surface area contributed by atoms with Crippen molar-refractivity contribution in [3.05, 3.63) is 34.1 Å². The van der Waals surface area contributed by atoms with Gasteiger partial charge in [0.15, 0.2) is 0 Å². The van der Waals surface area contributed by atoms with Gasteiger partial charge in [0.25, 0.3) is 0 Å². The number of halogens is 2. The topological polar surface area (TPSA) is 23.5 Å². The molecule has 0 amide bonds. The summed E-state index contributed by atoms with van der Waals surface area (Å²) in [5, 5.41) is 8.82. The highest BCUT2D eigenvalue weighted by Gasteiger charge is 2.05. The van der Waals surface area contributed by atoms with Crippen LogP contribution >= 0.6 is 15.9 Å². The standard InChI is InChI=1S/C11H15BrFNO/c1-2-14(5-6-15)8-9-3-4-10(12)11(13)7-9/h3-4,7,15H,2,5-6,8H2,1H3. The fourth-order valence-electron chi connectivity index (χ4n) is 1.39. The van der Waals surface area contributed by atoms with E-state index in [-0.39, 0.29) is 12.4 Å². The molecule has 0 aliphatic carbocycles. The lowest BCUT2D eigenvalue weighted by molar-refractivity contribution is 0.196. The van der Waals surface area contributed by atoms with E-state index in [0.717, 1.165) is 12.1 Å². The second kappa shape index (κ2) is 6.20. The van der Waals surface area contributed by atoms with Crippen molar-refractivity contribution < 1.29 is 9.50 Å². The molecule has 0 aliphatic heterocycles.